The molecule has 0 aromatic carbocycles. The van der Waals surface area contributed by atoms with Crippen molar-refractivity contribution in [2.24, 2.45) is 0 Å². The summed E-state index contributed by atoms with van der Waals surface area (Å²) in [6.07, 6.45) is 44.0. The maximum Gasteiger partial charge on any atom is 0.472 e. The average molecular weight is 1030 g/mol. The van der Waals surface area contributed by atoms with Gasteiger partial charge in [-0.3, -0.25) is 13.8 Å². The number of carbonyl (C=O) groups is 1. The molecule has 1 rings (SSSR count). The number of amides is 1. The van der Waals surface area contributed by atoms with Crippen LogP contribution in [0.2, 0.25) is 0 Å². The molecule has 8 unspecified atom stereocenters. The van der Waals surface area contributed by atoms with Crippen LogP contribution in [0.4, 0.5) is 0 Å². The second-order valence-electron chi connectivity index (χ2n) is 20.7. The van der Waals surface area contributed by atoms with Crippen molar-refractivity contribution in [2.45, 2.75) is 313 Å². The maximum atomic E-state index is 12.9. The van der Waals surface area contributed by atoms with Gasteiger partial charge in [0, 0.05) is 0 Å². The number of phosphoric ester groups is 1. The number of nitrogens with one attached hydrogen (secondary N) is 1. The van der Waals surface area contributed by atoms with E-state index in [1.807, 2.05) is 6.92 Å². The van der Waals surface area contributed by atoms with Crippen LogP contribution in [0.15, 0.2) is 36.5 Å². The Labute approximate surface area is 432 Å². The lowest BCUT2D eigenvalue weighted by atomic mass is 9.85. The van der Waals surface area contributed by atoms with Crippen molar-refractivity contribution >= 4 is 13.7 Å². The Morgan fingerprint density at radius 3 is 1.30 bits per heavy atom. The predicted molar refractivity (Wildman–Crippen MR) is 289 cm³/mol. The Balaban J connectivity index is 2.04. The van der Waals surface area contributed by atoms with E-state index < -0.39 is 75.2 Å². The van der Waals surface area contributed by atoms with E-state index in [0.717, 1.165) is 44.9 Å². The van der Waals surface area contributed by atoms with Gasteiger partial charge in [0.2, 0.25) is 5.91 Å². The van der Waals surface area contributed by atoms with Crippen LogP contribution >= 0.6 is 7.82 Å². The quantitative estimate of drug-likeness (QED) is 0.0158. The van der Waals surface area contributed by atoms with Crippen LogP contribution in [0.5, 0.6) is 0 Å². The monoisotopic (exact) mass is 1030 g/mol. The molecule has 8 atom stereocenters. The van der Waals surface area contributed by atoms with Gasteiger partial charge in [0.1, 0.15) is 36.6 Å². The van der Waals surface area contributed by atoms with E-state index in [-0.39, 0.29) is 6.42 Å². The van der Waals surface area contributed by atoms with Gasteiger partial charge >= 0.3 is 7.82 Å². The summed E-state index contributed by atoms with van der Waals surface area (Å²) in [5.41, 5.74) is 0. The molecule has 0 aliphatic heterocycles. The molecule has 1 amide bonds. The third kappa shape index (κ3) is 37.0. The van der Waals surface area contributed by atoms with Crippen LogP contribution in [-0.4, -0.2) is 108 Å². The second kappa shape index (κ2) is 45.9. The molecule has 418 valence electrons. The van der Waals surface area contributed by atoms with Gasteiger partial charge in [-0.1, -0.05) is 243 Å². The lowest BCUT2D eigenvalue weighted by Crippen LogP contribution is -2.64. The van der Waals surface area contributed by atoms with E-state index in [0.29, 0.717) is 12.8 Å². The van der Waals surface area contributed by atoms with Crippen LogP contribution < -0.4 is 5.32 Å². The van der Waals surface area contributed by atoms with Gasteiger partial charge in [0.25, 0.3) is 0 Å². The predicted octanol–water partition coefficient (Wildman–Crippen LogP) is 12.0. The van der Waals surface area contributed by atoms with Crippen molar-refractivity contribution in [3.05, 3.63) is 36.5 Å². The van der Waals surface area contributed by atoms with Gasteiger partial charge in [-0.15, -0.1) is 0 Å². The molecule has 0 radical (unpaired) electrons. The highest BCUT2D eigenvalue weighted by Crippen LogP contribution is 2.47. The summed E-state index contributed by atoms with van der Waals surface area (Å²) in [7, 11) is -5.12. The van der Waals surface area contributed by atoms with Gasteiger partial charge in [-0.05, 0) is 44.9 Å². The third-order valence-corrected chi connectivity index (χ3v) is 15.0. The molecule has 0 aromatic rings. The number of unbranched alkanes of at least 4 members (excludes halogenated alkanes) is 32. The molecule has 1 fully saturated rings. The maximum absolute atomic E-state index is 12.9. The van der Waals surface area contributed by atoms with Gasteiger partial charge in [0.15, 0.2) is 0 Å². The van der Waals surface area contributed by atoms with Crippen molar-refractivity contribution in [1.82, 2.24) is 5.32 Å². The normalized spacial score (nSPS) is 21.9. The van der Waals surface area contributed by atoms with Gasteiger partial charge in [0.05, 0.1) is 31.3 Å². The topological polar surface area (TPSA) is 226 Å². The molecule has 0 heterocycles. The molecule has 0 saturated heterocycles. The molecule has 1 aliphatic carbocycles. The second-order valence-corrected chi connectivity index (χ2v) is 22.1. The highest BCUT2D eigenvalue weighted by molar-refractivity contribution is 7.47. The van der Waals surface area contributed by atoms with Gasteiger partial charge in [-0.25, -0.2) is 4.57 Å². The minimum absolute atomic E-state index is 0.246. The highest BCUT2D eigenvalue weighted by Gasteiger charge is 2.51. The largest absolute Gasteiger partial charge is 0.472 e. The number of hydrogen-bond acceptors (Lipinski definition) is 11. The van der Waals surface area contributed by atoms with E-state index in [1.165, 1.54) is 186 Å². The Bertz CT molecular complexity index is 1350. The third-order valence-electron chi connectivity index (χ3n) is 14.0. The Morgan fingerprint density at radius 2 is 0.873 bits per heavy atom. The number of rotatable bonds is 49. The van der Waals surface area contributed by atoms with Crippen molar-refractivity contribution in [3.8, 4) is 0 Å². The van der Waals surface area contributed by atoms with Crippen molar-refractivity contribution in [1.29, 1.82) is 0 Å². The zero-order valence-corrected chi connectivity index (χ0v) is 45.8. The van der Waals surface area contributed by atoms with Crippen molar-refractivity contribution in [2.75, 3.05) is 6.61 Å². The fourth-order valence-corrected chi connectivity index (χ4v) is 10.2. The summed E-state index contributed by atoms with van der Waals surface area (Å²) in [5, 5.41) is 73.9. The zero-order chi connectivity index (χ0) is 52.2. The number of carbonyl (C=O) groups excluding carboxylic acids is 1. The first-order valence-corrected chi connectivity index (χ1v) is 30.5. The fourth-order valence-electron chi connectivity index (χ4n) is 9.26. The zero-order valence-electron chi connectivity index (χ0n) is 44.9. The molecule has 0 bridgehead atoms. The highest BCUT2D eigenvalue weighted by atomic mass is 31.2. The van der Waals surface area contributed by atoms with Crippen LogP contribution in [0, 0.1) is 0 Å². The van der Waals surface area contributed by atoms with E-state index >= 15 is 0 Å². The lowest BCUT2D eigenvalue weighted by molar-refractivity contribution is -0.220. The lowest BCUT2D eigenvalue weighted by Gasteiger charge is -2.41. The molecule has 0 spiro atoms. The molecular formula is C57H108NO12P. The van der Waals surface area contributed by atoms with E-state index in [1.54, 1.807) is 6.08 Å². The van der Waals surface area contributed by atoms with Gasteiger partial charge in [-0.2, -0.15) is 0 Å². The molecule has 13 nitrogen and oxygen atoms in total. The molecular weight excluding hydrogens is 922 g/mol. The smallest absolute Gasteiger partial charge is 0.393 e. The summed E-state index contributed by atoms with van der Waals surface area (Å²) in [5.74, 6) is -0.600. The SMILES string of the molecule is CCCC/C=C/C(O)C(COP(=O)(O)OC1C(O)C(O)C(O)C(O)C1O)NC(=O)CC(O)CCCCCCCCCCCCCCCCC/C=C\C/C=C\CCCCCCCCCCCCCCCCC. The first-order valence-electron chi connectivity index (χ1n) is 29.0. The first-order chi connectivity index (χ1) is 34.3. The number of aliphatic hydroxyl groups excluding tert-OH is 7. The van der Waals surface area contributed by atoms with Gasteiger partial charge < -0.3 is 46.0 Å². The Kier molecular flexibility index (Phi) is 43.6. The van der Waals surface area contributed by atoms with Crippen LogP contribution in [0.1, 0.15) is 258 Å². The first kappa shape index (κ1) is 67.5. The van der Waals surface area contributed by atoms with Crippen LogP contribution in [-0.2, 0) is 18.4 Å². The summed E-state index contributed by atoms with van der Waals surface area (Å²) >= 11 is 0. The minimum atomic E-state index is -5.12. The number of allylic oxidation sites excluding steroid dienone is 5. The molecule has 1 aliphatic rings. The average Bonchev–Trinajstić information content (AvgIpc) is 3.35. The molecule has 14 heteroatoms. The van der Waals surface area contributed by atoms with Crippen molar-refractivity contribution < 1.29 is 59.0 Å². The number of hydrogen-bond donors (Lipinski definition) is 9. The summed E-state index contributed by atoms with van der Waals surface area (Å²) in [6.45, 7) is 3.56. The summed E-state index contributed by atoms with van der Waals surface area (Å²) in [4.78, 5) is 23.2. The Morgan fingerprint density at radius 1 is 0.507 bits per heavy atom. The fraction of sp³-hybridized carbons (Fsp3) is 0.877. The van der Waals surface area contributed by atoms with E-state index in [9.17, 15) is 50.0 Å². The molecule has 71 heavy (non-hydrogen) atoms. The number of aliphatic hydroxyl groups is 7. The Hall–Kier alpha value is -1.48. The summed E-state index contributed by atoms with van der Waals surface area (Å²) < 4.78 is 22.7. The molecule has 1 saturated carbocycles. The van der Waals surface area contributed by atoms with E-state index in [2.05, 4.69) is 36.5 Å². The number of phosphoric acid groups is 1. The minimum Gasteiger partial charge on any atom is -0.393 e. The van der Waals surface area contributed by atoms with Crippen LogP contribution in [0.25, 0.3) is 0 Å². The molecule has 9 N–H and O–H groups in total. The summed E-state index contributed by atoms with van der Waals surface area (Å²) in [6, 6.07) is -1.24. The standard InChI is InChI=1S/C57H108NO12P/c1-3-5-7-9-10-11-12-13-14-15-16-17-18-19-20-21-22-23-24-25-26-27-28-29-30-31-32-33-34-35-36-37-38-39-40-41-42-44-48(59)46-51(61)58-49(50(60)45-43-8-6-4-2)47-69-71(67,68)70-57-55(65)53(63)52(62)54(64)56(57)66/h22-23,25-26,43,45,48-50,52-57,59-60,62-66H,3-21,24,27-42,44,46-47H2,1-2H3,(H,58,61)(H,67,68)/b23-22-,26-25-,45-43+. The van der Waals surface area contributed by atoms with E-state index in [4.69, 9.17) is 9.05 Å². The molecule has 0 aromatic heterocycles. The van der Waals surface area contributed by atoms with Crippen molar-refractivity contribution in [3.63, 3.8) is 0 Å². The van der Waals surface area contributed by atoms with Crippen LogP contribution in [0.3, 0.4) is 0 Å².